The Balaban J connectivity index is 1.58. The summed E-state index contributed by atoms with van der Waals surface area (Å²) in [6.07, 6.45) is -2.75. The molecule has 0 aliphatic carbocycles. The van der Waals surface area contributed by atoms with Crippen LogP contribution in [0.4, 0.5) is 18.9 Å². The Hall–Kier alpha value is -3.49. The number of carbonyl (C=O) groups is 1. The quantitative estimate of drug-likeness (QED) is 0.742. The van der Waals surface area contributed by atoms with Crippen molar-refractivity contribution in [2.24, 2.45) is 0 Å². The zero-order valence-corrected chi connectivity index (χ0v) is 14.3. The van der Waals surface area contributed by atoms with Gasteiger partial charge in [0.25, 0.3) is 5.91 Å². The Morgan fingerprint density at radius 1 is 1.14 bits per heavy atom. The number of alkyl halides is 3. The highest BCUT2D eigenvalue weighted by Crippen LogP contribution is 2.37. The third kappa shape index (κ3) is 3.51. The molecule has 0 spiro atoms. The lowest BCUT2D eigenvalue weighted by atomic mass is 10.1. The molecule has 28 heavy (non-hydrogen) atoms. The maximum atomic E-state index is 13.5. The molecule has 1 amide bonds. The van der Waals surface area contributed by atoms with Gasteiger partial charge in [0.05, 0.1) is 16.9 Å². The standard InChI is InChI=1S/C19H14F3N3O3/c20-19(21,22)13-10-12(25-9-3-8-23-25)6-7-14(13)24-18(26)17-11-27-15-4-1-2-5-16(15)28-17/h1-10,17H,11H2,(H,24,26). The first-order valence-corrected chi connectivity index (χ1v) is 8.32. The largest absolute Gasteiger partial charge is 0.485 e. The van der Waals surface area contributed by atoms with E-state index in [1.165, 1.54) is 29.2 Å². The normalized spacial score (nSPS) is 15.9. The van der Waals surface area contributed by atoms with E-state index in [4.69, 9.17) is 9.47 Å². The number of ether oxygens (including phenoxy) is 2. The molecule has 0 saturated carbocycles. The second-order valence-electron chi connectivity index (χ2n) is 6.03. The van der Waals surface area contributed by atoms with Gasteiger partial charge in [0.15, 0.2) is 11.5 Å². The predicted octanol–water partition coefficient (Wildman–Crippen LogP) is 3.67. The molecule has 6 nitrogen and oxygen atoms in total. The van der Waals surface area contributed by atoms with Crippen molar-refractivity contribution < 1.29 is 27.4 Å². The second-order valence-corrected chi connectivity index (χ2v) is 6.03. The molecule has 3 aromatic rings. The Bertz CT molecular complexity index is 1000. The Kier molecular flexibility index (Phi) is 4.42. The van der Waals surface area contributed by atoms with Crippen LogP contribution in [0.3, 0.4) is 0 Å². The van der Waals surface area contributed by atoms with Gasteiger partial charge in [0.1, 0.15) is 6.61 Å². The van der Waals surface area contributed by atoms with Crippen LogP contribution >= 0.6 is 0 Å². The van der Waals surface area contributed by atoms with E-state index < -0.39 is 23.8 Å². The molecule has 2 heterocycles. The number of fused-ring (bicyclic) bond motifs is 1. The molecule has 1 aromatic heterocycles. The lowest BCUT2D eigenvalue weighted by Gasteiger charge is -2.26. The van der Waals surface area contributed by atoms with Crippen LogP contribution in [0.5, 0.6) is 11.5 Å². The summed E-state index contributed by atoms with van der Waals surface area (Å²) < 4.78 is 52.9. The minimum atomic E-state index is -4.66. The van der Waals surface area contributed by atoms with Gasteiger partial charge in [-0.3, -0.25) is 4.79 Å². The summed E-state index contributed by atoms with van der Waals surface area (Å²) >= 11 is 0. The van der Waals surface area contributed by atoms with E-state index in [1.54, 1.807) is 30.3 Å². The molecule has 2 aromatic carbocycles. The van der Waals surface area contributed by atoms with E-state index >= 15 is 0 Å². The summed E-state index contributed by atoms with van der Waals surface area (Å²) in [6.45, 7) is -0.102. The van der Waals surface area contributed by atoms with Crippen LogP contribution < -0.4 is 14.8 Å². The minimum Gasteiger partial charge on any atom is -0.485 e. The van der Waals surface area contributed by atoms with E-state index in [0.29, 0.717) is 11.5 Å². The van der Waals surface area contributed by atoms with Crippen LogP contribution in [-0.2, 0) is 11.0 Å². The van der Waals surface area contributed by atoms with E-state index in [9.17, 15) is 18.0 Å². The highest BCUT2D eigenvalue weighted by molar-refractivity contribution is 5.95. The summed E-state index contributed by atoms with van der Waals surface area (Å²) in [5, 5.41) is 6.22. The number of nitrogens with zero attached hydrogens (tertiary/aromatic N) is 2. The number of anilines is 1. The number of benzene rings is 2. The molecule has 1 N–H and O–H groups in total. The first-order valence-electron chi connectivity index (χ1n) is 8.32. The number of hydrogen-bond acceptors (Lipinski definition) is 4. The van der Waals surface area contributed by atoms with Crippen molar-refractivity contribution in [3.05, 3.63) is 66.5 Å². The summed E-state index contributed by atoms with van der Waals surface area (Å²) in [5.41, 5.74) is -1.12. The zero-order valence-electron chi connectivity index (χ0n) is 14.3. The average Bonchev–Trinajstić information content (AvgIpc) is 3.22. The third-order valence-corrected chi connectivity index (χ3v) is 4.14. The number of hydrogen-bond donors (Lipinski definition) is 1. The molecule has 0 saturated heterocycles. The molecular formula is C19H14F3N3O3. The molecule has 1 aliphatic heterocycles. The van der Waals surface area contributed by atoms with Gasteiger partial charge in [-0.25, -0.2) is 4.68 Å². The lowest BCUT2D eigenvalue weighted by molar-refractivity contribution is -0.137. The predicted molar refractivity (Wildman–Crippen MR) is 93.5 cm³/mol. The molecule has 1 aliphatic rings. The molecule has 0 fully saturated rings. The summed E-state index contributed by atoms with van der Waals surface area (Å²) in [4.78, 5) is 12.5. The lowest BCUT2D eigenvalue weighted by Crippen LogP contribution is -2.40. The number of aromatic nitrogens is 2. The highest BCUT2D eigenvalue weighted by Gasteiger charge is 2.36. The van der Waals surface area contributed by atoms with Gasteiger partial charge in [0.2, 0.25) is 6.10 Å². The van der Waals surface area contributed by atoms with Crippen LogP contribution in [0.25, 0.3) is 5.69 Å². The van der Waals surface area contributed by atoms with Gasteiger partial charge in [0, 0.05) is 12.4 Å². The van der Waals surface area contributed by atoms with Crippen LogP contribution in [0.2, 0.25) is 0 Å². The second kappa shape index (κ2) is 6.91. The van der Waals surface area contributed by atoms with Crippen LogP contribution in [-0.4, -0.2) is 28.4 Å². The maximum Gasteiger partial charge on any atom is 0.418 e. The number of halogens is 3. The smallest absolute Gasteiger partial charge is 0.418 e. The van der Waals surface area contributed by atoms with Crippen molar-refractivity contribution in [3.8, 4) is 17.2 Å². The van der Waals surface area contributed by atoms with Gasteiger partial charge in [-0.1, -0.05) is 12.1 Å². The molecule has 1 unspecified atom stereocenters. The van der Waals surface area contributed by atoms with Crippen molar-refractivity contribution in [2.75, 3.05) is 11.9 Å². The third-order valence-electron chi connectivity index (χ3n) is 4.14. The van der Waals surface area contributed by atoms with Crippen molar-refractivity contribution in [3.63, 3.8) is 0 Å². The number of carbonyl (C=O) groups excluding carboxylic acids is 1. The first-order chi connectivity index (χ1) is 13.4. The molecular weight excluding hydrogens is 375 g/mol. The van der Waals surface area contributed by atoms with Gasteiger partial charge < -0.3 is 14.8 Å². The van der Waals surface area contributed by atoms with E-state index in [1.807, 2.05) is 0 Å². The van der Waals surface area contributed by atoms with Crippen molar-refractivity contribution in [1.29, 1.82) is 0 Å². The monoisotopic (exact) mass is 389 g/mol. The van der Waals surface area contributed by atoms with Gasteiger partial charge >= 0.3 is 6.18 Å². The number of nitrogens with one attached hydrogen (secondary N) is 1. The molecule has 1 atom stereocenters. The SMILES string of the molecule is O=C(Nc1ccc(-n2cccn2)cc1C(F)(F)F)C1COc2ccccc2O1. The fourth-order valence-corrected chi connectivity index (χ4v) is 2.80. The molecule has 4 rings (SSSR count). The van der Waals surface area contributed by atoms with E-state index in [0.717, 1.165) is 6.07 Å². The number of para-hydroxylation sites is 2. The van der Waals surface area contributed by atoms with Crippen molar-refractivity contribution in [1.82, 2.24) is 9.78 Å². The first kappa shape index (κ1) is 17.9. The van der Waals surface area contributed by atoms with Crippen LogP contribution in [0.15, 0.2) is 60.9 Å². The number of rotatable bonds is 3. The van der Waals surface area contributed by atoms with Gasteiger partial charge in [-0.05, 0) is 36.4 Å². The van der Waals surface area contributed by atoms with E-state index in [-0.39, 0.29) is 18.0 Å². The highest BCUT2D eigenvalue weighted by atomic mass is 19.4. The van der Waals surface area contributed by atoms with Crippen molar-refractivity contribution >= 4 is 11.6 Å². The fraction of sp³-hybridized carbons (Fsp3) is 0.158. The minimum absolute atomic E-state index is 0.102. The topological polar surface area (TPSA) is 65.4 Å². The van der Waals surface area contributed by atoms with E-state index in [2.05, 4.69) is 10.4 Å². The molecule has 144 valence electrons. The maximum absolute atomic E-state index is 13.5. The average molecular weight is 389 g/mol. The van der Waals surface area contributed by atoms with Gasteiger partial charge in [-0.15, -0.1) is 0 Å². The number of amides is 1. The van der Waals surface area contributed by atoms with Crippen LogP contribution in [0, 0.1) is 0 Å². The Morgan fingerprint density at radius 2 is 1.93 bits per heavy atom. The summed E-state index contributed by atoms with van der Waals surface area (Å²) in [6, 6.07) is 11.9. The van der Waals surface area contributed by atoms with Gasteiger partial charge in [-0.2, -0.15) is 18.3 Å². The fourth-order valence-electron chi connectivity index (χ4n) is 2.80. The molecule has 0 bridgehead atoms. The summed E-state index contributed by atoms with van der Waals surface area (Å²) in [7, 11) is 0. The van der Waals surface area contributed by atoms with Crippen molar-refractivity contribution in [2.45, 2.75) is 12.3 Å². The molecule has 0 radical (unpaired) electrons. The molecule has 9 heteroatoms. The van der Waals surface area contributed by atoms with Crippen LogP contribution in [0.1, 0.15) is 5.56 Å². The Morgan fingerprint density at radius 3 is 2.64 bits per heavy atom. The summed E-state index contributed by atoms with van der Waals surface area (Å²) in [5.74, 6) is 0.108. The zero-order chi connectivity index (χ0) is 19.7. The Labute approximate surface area is 157 Å².